The van der Waals surface area contributed by atoms with Crippen LogP contribution >= 0.6 is 0 Å². The molecule has 1 aliphatic carbocycles. The number of likely N-dealkylation sites (tertiary alicyclic amines) is 1. The number of nitrogens with one attached hydrogen (secondary N) is 1. The molecular weight excluding hydrogens is 252 g/mol. The molecule has 2 saturated heterocycles. The summed E-state index contributed by atoms with van der Waals surface area (Å²) in [5, 5.41) is 3.17. The molecule has 1 saturated carbocycles. The average Bonchev–Trinajstić information content (AvgIpc) is 2.45. The molecule has 4 heteroatoms. The fourth-order valence-electron chi connectivity index (χ4n) is 3.63. The lowest BCUT2D eigenvalue weighted by molar-refractivity contribution is -0.127. The Morgan fingerprint density at radius 3 is 2.35 bits per heavy atom. The summed E-state index contributed by atoms with van der Waals surface area (Å²) >= 11 is 0. The summed E-state index contributed by atoms with van der Waals surface area (Å²) in [4.78, 5) is 14.5. The van der Waals surface area contributed by atoms with Crippen LogP contribution < -0.4 is 5.32 Å². The minimum atomic E-state index is 0.308. The number of hydrogen-bond donors (Lipinski definition) is 1. The highest BCUT2D eigenvalue weighted by Crippen LogP contribution is 2.27. The Kier molecular flexibility index (Phi) is 4.94. The zero-order valence-corrected chi connectivity index (χ0v) is 12.5. The lowest BCUT2D eigenvalue weighted by atomic mass is 9.84. The van der Waals surface area contributed by atoms with Gasteiger partial charge in [0, 0.05) is 31.7 Å². The van der Waals surface area contributed by atoms with Crippen LogP contribution in [0, 0.1) is 11.8 Å². The van der Waals surface area contributed by atoms with Crippen molar-refractivity contribution < 1.29 is 9.53 Å². The van der Waals surface area contributed by atoms with Gasteiger partial charge in [0.2, 0.25) is 5.91 Å². The van der Waals surface area contributed by atoms with Gasteiger partial charge in [0.25, 0.3) is 0 Å². The smallest absolute Gasteiger partial charge is 0.223 e. The van der Waals surface area contributed by atoms with E-state index >= 15 is 0 Å². The first kappa shape index (κ1) is 14.3. The highest BCUT2D eigenvalue weighted by Gasteiger charge is 2.28. The standard InChI is InChI=1S/C16H28N2O2/c19-16(14-2-1-3-14)17-12-13-4-8-18(9-5-13)15-6-10-20-11-7-15/h13-15H,1-12H2,(H,17,19). The Bertz CT molecular complexity index is 316. The van der Waals surface area contributed by atoms with E-state index in [1.54, 1.807) is 0 Å². The van der Waals surface area contributed by atoms with Crippen LogP contribution in [-0.2, 0) is 9.53 Å². The van der Waals surface area contributed by atoms with Gasteiger partial charge in [0.1, 0.15) is 0 Å². The van der Waals surface area contributed by atoms with Gasteiger partial charge in [0.05, 0.1) is 0 Å². The molecule has 0 aromatic carbocycles. The van der Waals surface area contributed by atoms with Crippen LogP contribution in [0.15, 0.2) is 0 Å². The minimum Gasteiger partial charge on any atom is -0.381 e. The Labute approximate surface area is 122 Å². The molecule has 0 aromatic rings. The highest BCUT2D eigenvalue weighted by atomic mass is 16.5. The van der Waals surface area contributed by atoms with Crippen molar-refractivity contribution in [2.24, 2.45) is 11.8 Å². The monoisotopic (exact) mass is 280 g/mol. The molecule has 1 amide bonds. The molecule has 1 N–H and O–H groups in total. The summed E-state index contributed by atoms with van der Waals surface area (Å²) in [5.74, 6) is 1.33. The molecule has 0 aromatic heterocycles. The van der Waals surface area contributed by atoms with Crippen molar-refractivity contribution in [2.45, 2.75) is 51.0 Å². The van der Waals surface area contributed by atoms with Crippen molar-refractivity contribution in [1.82, 2.24) is 10.2 Å². The molecule has 0 unspecified atom stereocenters. The maximum absolute atomic E-state index is 11.8. The molecule has 114 valence electrons. The van der Waals surface area contributed by atoms with Crippen LogP contribution in [0.1, 0.15) is 44.9 Å². The second-order valence-corrected chi connectivity index (χ2v) is 6.70. The van der Waals surface area contributed by atoms with Gasteiger partial charge in [-0.1, -0.05) is 6.42 Å². The third-order valence-electron chi connectivity index (χ3n) is 5.40. The Hall–Kier alpha value is -0.610. The number of amides is 1. The summed E-state index contributed by atoms with van der Waals surface area (Å²) in [6.45, 7) is 5.17. The summed E-state index contributed by atoms with van der Waals surface area (Å²) in [5.41, 5.74) is 0. The Morgan fingerprint density at radius 1 is 1.05 bits per heavy atom. The number of hydrogen-bond acceptors (Lipinski definition) is 3. The van der Waals surface area contributed by atoms with Gasteiger partial charge in [0.15, 0.2) is 0 Å². The van der Waals surface area contributed by atoms with E-state index in [0.717, 1.165) is 38.6 Å². The van der Waals surface area contributed by atoms with Crippen molar-refractivity contribution >= 4 is 5.91 Å². The van der Waals surface area contributed by atoms with Crippen LogP contribution in [-0.4, -0.2) is 49.7 Å². The molecule has 0 bridgehead atoms. The number of ether oxygens (including phenoxy) is 1. The largest absolute Gasteiger partial charge is 0.381 e. The molecule has 2 aliphatic heterocycles. The SMILES string of the molecule is O=C(NCC1CCN(C2CCOCC2)CC1)C1CCC1. The first-order chi connectivity index (χ1) is 9.83. The van der Waals surface area contributed by atoms with E-state index < -0.39 is 0 Å². The van der Waals surface area contributed by atoms with Gasteiger partial charge in [-0.25, -0.2) is 0 Å². The van der Waals surface area contributed by atoms with Crippen LogP contribution in [0.2, 0.25) is 0 Å². The quantitative estimate of drug-likeness (QED) is 0.853. The van der Waals surface area contributed by atoms with E-state index in [-0.39, 0.29) is 0 Å². The van der Waals surface area contributed by atoms with Crippen LogP contribution in [0.3, 0.4) is 0 Å². The molecular formula is C16H28N2O2. The molecule has 0 radical (unpaired) electrons. The third-order valence-corrected chi connectivity index (χ3v) is 5.40. The van der Waals surface area contributed by atoms with E-state index in [9.17, 15) is 4.79 Å². The normalized spacial score (nSPS) is 27.2. The van der Waals surface area contributed by atoms with Crippen LogP contribution in [0.5, 0.6) is 0 Å². The summed E-state index contributed by atoms with van der Waals surface area (Å²) in [6, 6.07) is 0.745. The van der Waals surface area contributed by atoms with Gasteiger partial charge >= 0.3 is 0 Å². The lowest BCUT2D eigenvalue weighted by Crippen LogP contribution is -2.46. The predicted molar refractivity (Wildman–Crippen MR) is 78.5 cm³/mol. The second-order valence-electron chi connectivity index (χ2n) is 6.70. The number of carbonyl (C=O) groups excluding carboxylic acids is 1. The fraction of sp³-hybridized carbons (Fsp3) is 0.938. The summed E-state index contributed by atoms with van der Waals surface area (Å²) in [6.07, 6.45) is 8.32. The maximum atomic E-state index is 11.8. The van der Waals surface area contributed by atoms with E-state index in [2.05, 4.69) is 10.2 Å². The third kappa shape index (κ3) is 3.53. The van der Waals surface area contributed by atoms with Crippen molar-refractivity contribution in [3.05, 3.63) is 0 Å². The van der Waals surface area contributed by atoms with Crippen LogP contribution in [0.4, 0.5) is 0 Å². The molecule has 4 nitrogen and oxygen atoms in total. The average molecular weight is 280 g/mol. The molecule has 0 spiro atoms. The van der Waals surface area contributed by atoms with E-state index in [4.69, 9.17) is 4.74 Å². The van der Waals surface area contributed by atoms with Crippen molar-refractivity contribution in [3.8, 4) is 0 Å². The van der Waals surface area contributed by atoms with Crippen molar-refractivity contribution in [3.63, 3.8) is 0 Å². The number of rotatable bonds is 4. The Balaban J connectivity index is 1.34. The molecule has 3 aliphatic rings. The van der Waals surface area contributed by atoms with E-state index in [1.807, 2.05) is 0 Å². The molecule has 0 atom stereocenters. The molecule has 3 fully saturated rings. The Morgan fingerprint density at radius 2 is 1.75 bits per heavy atom. The number of nitrogens with zero attached hydrogens (tertiary/aromatic N) is 1. The molecule has 20 heavy (non-hydrogen) atoms. The molecule has 2 heterocycles. The van der Waals surface area contributed by atoms with Gasteiger partial charge < -0.3 is 15.0 Å². The minimum absolute atomic E-state index is 0.308. The van der Waals surface area contributed by atoms with Gasteiger partial charge in [-0.05, 0) is 57.5 Å². The summed E-state index contributed by atoms with van der Waals surface area (Å²) < 4.78 is 5.44. The predicted octanol–water partition coefficient (Wildman–Crippen LogP) is 1.79. The molecule has 3 rings (SSSR count). The summed E-state index contributed by atoms with van der Waals surface area (Å²) in [7, 11) is 0. The second kappa shape index (κ2) is 6.90. The van der Waals surface area contributed by atoms with Gasteiger partial charge in [-0.2, -0.15) is 0 Å². The van der Waals surface area contributed by atoms with Crippen molar-refractivity contribution in [1.29, 1.82) is 0 Å². The first-order valence-corrected chi connectivity index (χ1v) is 8.42. The highest BCUT2D eigenvalue weighted by molar-refractivity contribution is 5.79. The number of carbonyl (C=O) groups is 1. The lowest BCUT2D eigenvalue weighted by Gasteiger charge is -2.39. The maximum Gasteiger partial charge on any atom is 0.223 e. The topological polar surface area (TPSA) is 41.6 Å². The zero-order chi connectivity index (χ0) is 13.8. The van der Waals surface area contributed by atoms with Crippen LogP contribution in [0.25, 0.3) is 0 Å². The zero-order valence-electron chi connectivity index (χ0n) is 12.5. The van der Waals surface area contributed by atoms with Gasteiger partial charge in [-0.15, -0.1) is 0 Å². The van der Waals surface area contributed by atoms with Gasteiger partial charge in [-0.3, -0.25) is 4.79 Å². The van der Waals surface area contributed by atoms with Crippen molar-refractivity contribution in [2.75, 3.05) is 32.8 Å². The first-order valence-electron chi connectivity index (χ1n) is 8.42. The fourth-order valence-corrected chi connectivity index (χ4v) is 3.63. The van der Waals surface area contributed by atoms with E-state index in [1.165, 1.54) is 45.2 Å². The number of piperidine rings is 1. The van der Waals surface area contributed by atoms with E-state index in [0.29, 0.717) is 17.7 Å².